The van der Waals surface area contributed by atoms with Crippen molar-refractivity contribution in [2.75, 3.05) is 13.1 Å². The first kappa shape index (κ1) is 12.5. The molecule has 1 heterocycles. The predicted octanol–water partition coefficient (Wildman–Crippen LogP) is 2.37. The van der Waals surface area contributed by atoms with Crippen LogP contribution >= 0.6 is 0 Å². The van der Waals surface area contributed by atoms with Gasteiger partial charge in [-0.15, -0.1) is 0 Å². The van der Waals surface area contributed by atoms with Crippen LogP contribution in [0.1, 0.15) is 31.4 Å². The molecule has 0 saturated carbocycles. The summed E-state index contributed by atoms with van der Waals surface area (Å²) in [6.45, 7) is 3.69. The Bertz CT molecular complexity index is 376. The Morgan fingerprint density at radius 1 is 1.47 bits per heavy atom. The van der Waals surface area contributed by atoms with Gasteiger partial charge in [-0.05, 0) is 44.5 Å². The van der Waals surface area contributed by atoms with Gasteiger partial charge in [-0.1, -0.05) is 0 Å². The van der Waals surface area contributed by atoms with Crippen molar-refractivity contribution in [1.29, 1.82) is 0 Å². The fourth-order valence-electron chi connectivity index (χ4n) is 2.21. The SMILES string of the molecule is CC(NCC1CCCN1)c1cc(F)ccc1F. The molecule has 1 aromatic carbocycles. The lowest BCUT2D eigenvalue weighted by Crippen LogP contribution is -2.35. The van der Waals surface area contributed by atoms with Gasteiger partial charge in [0.1, 0.15) is 11.6 Å². The zero-order valence-electron chi connectivity index (χ0n) is 9.97. The normalized spacial score (nSPS) is 21.7. The van der Waals surface area contributed by atoms with E-state index in [2.05, 4.69) is 10.6 Å². The summed E-state index contributed by atoms with van der Waals surface area (Å²) in [6.07, 6.45) is 2.33. The first-order valence-electron chi connectivity index (χ1n) is 6.08. The average Bonchev–Trinajstić information content (AvgIpc) is 2.82. The predicted molar refractivity (Wildman–Crippen MR) is 63.8 cm³/mol. The molecular weight excluding hydrogens is 222 g/mol. The Morgan fingerprint density at radius 2 is 2.29 bits per heavy atom. The van der Waals surface area contributed by atoms with Crippen LogP contribution in [-0.2, 0) is 0 Å². The molecule has 0 radical (unpaired) electrons. The standard InChI is InChI=1S/C13H18F2N2/c1-9(17-8-11-3-2-6-16-11)12-7-10(14)4-5-13(12)15/h4-5,7,9,11,16-17H,2-3,6,8H2,1H3. The first-order valence-corrected chi connectivity index (χ1v) is 6.08. The van der Waals surface area contributed by atoms with Crippen LogP contribution in [0, 0.1) is 11.6 Å². The van der Waals surface area contributed by atoms with Crippen molar-refractivity contribution in [2.45, 2.75) is 31.8 Å². The molecule has 1 fully saturated rings. The van der Waals surface area contributed by atoms with Gasteiger partial charge in [0.2, 0.25) is 0 Å². The maximum atomic E-state index is 13.5. The molecule has 4 heteroatoms. The van der Waals surface area contributed by atoms with Crippen LogP contribution < -0.4 is 10.6 Å². The molecular formula is C13H18F2N2. The van der Waals surface area contributed by atoms with E-state index in [1.807, 2.05) is 6.92 Å². The highest BCUT2D eigenvalue weighted by Crippen LogP contribution is 2.18. The van der Waals surface area contributed by atoms with Crippen molar-refractivity contribution in [3.63, 3.8) is 0 Å². The second-order valence-electron chi connectivity index (χ2n) is 4.59. The lowest BCUT2D eigenvalue weighted by Gasteiger charge is -2.18. The molecule has 0 bridgehead atoms. The van der Waals surface area contributed by atoms with E-state index in [0.29, 0.717) is 11.6 Å². The van der Waals surface area contributed by atoms with Gasteiger partial charge in [-0.2, -0.15) is 0 Å². The van der Waals surface area contributed by atoms with E-state index in [9.17, 15) is 8.78 Å². The van der Waals surface area contributed by atoms with E-state index >= 15 is 0 Å². The van der Waals surface area contributed by atoms with Gasteiger partial charge in [0, 0.05) is 24.2 Å². The molecule has 2 unspecified atom stereocenters. The summed E-state index contributed by atoms with van der Waals surface area (Å²) in [6, 6.07) is 3.86. The average molecular weight is 240 g/mol. The second-order valence-corrected chi connectivity index (χ2v) is 4.59. The van der Waals surface area contributed by atoms with Crippen LogP contribution in [0.4, 0.5) is 8.78 Å². The van der Waals surface area contributed by atoms with E-state index < -0.39 is 5.82 Å². The number of benzene rings is 1. The summed E-state index contributed by atoms with van der Waals surface area (Å²) < 4.78 is 26.5. The summed E-state index contributed by atoms with van der Waals surface area (Å²) in [5, 5.41) is 6.60. The Labute approximate surface area is 100 Å². The Kier molecular flexibility index (Phi) is 4.07. The van der Waals surface area contributed by atoms with Crippen molar-refractivity contribution < 1.29 is 8.78 Å². The van der Waals surface area contributed by atoms with Gasteiger partial charge in [-0.25, -0.2) is 8.78 Å². The number of rotatable bonds is 4. The largest absolute Gasteiger partial charge is 0.313 e. The molecule has 1 aromatic rings. The fourth-order valence-corrected chi connectivity index (χ4v) is 2.21. The summed E-state index contributed by atoms with van der Waals surface area (Å²) in [5.41, 5.74) is 0.392. The maximum Gasteiger partial charge on any atom is 0.128 e. The maximum absolute atomic E-state index is 13.5. The van der Waals surface area contributed by atoms with Crippen molar-refractivity contribution >= 4 is 0 Å². The van der Waals surface area contributed by atoms with Gasteiger partial charge in [-0.3, -0.25) is 0 Å². The van der Waals surface area contributed by atoms with E-state index in [-0.39, 0.29) is 11.9 Å². The lowest BCUT2D eigenvalue weighted by atomic mass is 10.1. The molecule has 0 amide bonds. The molecule has 0 aliphatic carbocycles. The minimum Gasteiger partial charge on any atom is -0.313 e. The monoisotopic (exact) mass is 240 g/mol. The number of halogens is 2. The fraction of sp³-hybridized carbons (Fsp3) is 0.538. The molecule has 94 valence electrons. The highest BCUT2D eigenvalue weighted by Gasteiger charge is 2.16. The molecule has 2 N–H and O–H groups in total. The van der Waals surface area contributed by atoms with Crippen LogP contribution in [0.15, 0.2) is 18.2 Å². The van der Waals surface area contributed by atoms with E-state index in [1.165, 1.54) is 18.6 Å². The number of hydrogen-bond donors (Lipinski definition) is 2. The van der Waals surface area contributed by atoms with Crippen LogP contribution in [-0.4, -0.2) is 19.1 Å². The third-order valence-electron chi connectivity index (χ3n) is 3.26. The second kappa shape index (κ2) is 5.56. The first-order chi connectivity index (χ1) is 8.16. The molecule has 2 nitrogen and oxygen atoms in total. The number of hydrogen-bond acceptors (Lipinski definition) is 2. The minimum atomic E-state index is -0.394. The van der Waals surface area contributed by atoms with E-state index in [0.717, 1.165) is 25.6 Å². The minimum absolute atomic E-state index is 0.173. The summed E-state index contributed by atoms with van der Waals surface area (Å²) in [7, 11) is 0. The van der Waals surface area contributed by atoms with Gasteiger partial charge in [0.25, 0.3) is 0 Å². The summed E-state index contributed by atoms with van der Waals surface area (Å²) >= 11 is 0. The molecule has 2 rings (SSSR count). The van der Waals surface area contributed by atoms with Gasteiger partial charge < -0.3 is 10.6 Å². The highest BCUT2D eigenvalue weighted by atomic mass is 19.1. The van der Waals surface area contributed by atoms with Crippen molar-refractivity contribution in [3.8, 4) is 0 Å². The van der Waals surface area contributed by atoms with Crippen molar-refractivity contribution in [1.82, 2.24) is 10.6 Å². The molecule has 1 aliphatic heterocycles. The third kappa shape index (κ3) is 3.23. The molecule has 0 aromatic heterocycles. The third-order valence-corrected chi connectivity index (χ3v) is 3.26. The van der Waals surface area contributed by atoms with Crippen LogP contribution in [0.25, 0.3) is 0 Å². The topological polar surface area (TPSA) is 24.1 Å². The van der Waals surface area contributed by atoms with E-state index in [4.69, 9.17) is 0 Å². The number of nitrogens with one attached hydrogen (secondary N) is 2. The lowest BCUT2D eigenvalue weighted by molar-refractivity contribution is 0.472. The Hall–Kier alpha value is -1.00. The Balaban J connectivity index is 1.93. The highest BCUT2D eigenvalue weighted by molar-refractivity contribution is 5.21. The molecule has 17 heavy (non-hydrogen) atoms. The van der Waals surface area contributed by atoms with Gasteiger partial charge >= 0.3 is 0 Å². The Morgan fingerprint density at radius 3 is 3.00 bits per heavy atom. The van der Waals surface area contributed by atoms with Crippen molar-refractivity contribution in [2.24, 2.45) is 0 Å². The van der Waals surface area contributed by atoms with Crippen LogP contribution in [0.5, 0.6) is 0 Å². The summed E-state index contributed by atoms with van der Waals surface area (Å²) in [5.74, 6) is -0.750. The zero-order valence-corrected chi connectivity index (χ0v) is 9.97. The quantitative estimate of drug-likeness (QED) is 0.844. The zero-order chi connectivity index (χ0) is 12.3. The van der Waals surface area contributed by atoms with Crippen molar-refractivity contribution in [3.05, 3.63) is 35.4 Å². The van der Waals surface area contributed by atoms with Crippen LogP contribution in [0.2, 0.25) is 0 Å². The van der Waals surface area contributed by atoms with Crippen LogP contribution in [0.3, 0.4) is 0 Å². The molecule has 1 saturated heterocycles. The van der Waals surface area contributed by atoms with Gasteiger partial charge in [0.05, 0.1) is 0 Å². The van der Waals surface area contributed by atoms with Gasteiger partial charge in [0.15, 0.2) is 0 Å². The molecule has 0 spiro atoms. The molecule has 1 aliphatic rings. The summed E-state index contributed by atoms with van der Waals surface area (Å²) in [4.78, 5) is 0. The smallest absolute Gasteiger partial charge is 0.128 e. The van der Waals surface area contributed by atoms with E-state index in [1.54, 1.807) is 0 Å². The molecule has 2 atom stereocenters.